The van der Waals surface area contributed by atoms with Gasteiger partial charge in [-0.05, 0) is 17.7 Å². The van der Waals surface area contributed by atoms with Crippen molar-refractivity contribution in [3.63, 3.8) is 0 Å². The number of hydrogen-bond donors (Lipinski definition) is 1. The average molecular weight is 341 g/mol. The predicted molar refractivity (Wildman–Crippen MR) is 93.3 cm³/mol. The summed E-state index contributed by atoms with van der Waals surface area (Å²) in [5, 5.41) is 13.6. The van der Waals surface area contributed by atoms with Crippen LogP contribution in [-0.4, -0.2) is 42.0 Å². The molecule has 0 unspecified atom stereocenters. The minimum absolute atomic E-state index is 0.00853. The van der Waals surface area contributed by atoms with E-state index in [-0.39, 0.29) is 11.6 Å². The van der Waals surface area contributed by atoms with Gasteiger partial charge in [-0.2, -0.15) is 0 Å². The highest BCUT2D eigenvalue weighted by molar-refractivity contribution is 5.95. The van der Waals surface area contributed by atoms with Crippen molar-refractivity contribution in [3.8, 4) is 0 Å². The van der Waals surface area contributed by atoms with Gasteiger partial charge in [0.1, 0.15) is 6.04 Å². The quantitative estimate of drug-likeness (QED) is 0.667. The van der Waals surface area contributed by atoms with Crippen LogP contribution in [0, 0.1) is 10.1 Å². The van der Waals surface area contributed by atoms with Crippen LogP contribution in [0.25, 0.3) is 0 Å². The molecule has 1 fully saturated rings. The second-order valence-corrected chi connectivity index (χ2v) is 5.75. The van der Waals surface area contributed by atoms with Crippen molar-refractivity contribution < 1.29 is 14.5 Å². The molecule has 0 saturated carbocycles. The number of anilines is 1. The Morgan fingerprint density at radius 2 is 1.72 bits per heavy atom. The van der Waals surface area contributed by atoms with Crippen LogP contribution in [0.5, 0.6) is 0 Å². The van der Waals surface area contributed by atoms with Gasteiger partial charge in [0.25, 0.3) is 5.69 Å². The topological polar surface area (TPSA) is 84.7 Å². The van der Waals surface area contributed by atoms with Crippen LogP contribution in [-0.2, 0) is 9.53 Å². The van der Waals surface area contributed by atoms with E-state index in [4.69, 9.17) is 4.74 Å². The Kier molecular flexibility index (Phi) is 5.37. The summed E-state index contributed by atoms with van der Waals surface area (Å²) in [6, 6.07) is 15.0. The molecule has 1 aliphatic heterocycles. The molecule has 130 valence electrons. The second-order valence-electron chi connectivity index (χ2n) is 5.75. The smallest absolute Gasteiger partial charge is 0.269 e. The lowest BCUT2D eigenvalue weighted by Crippen LogP contribution is -2.43. The van der Waals surface area contributed by atoms with Gasteiger partial charge >= 0.3 is 0 Å². The van der Waals surface area contributed by atoms with Crippen LogP contribution < -0.4 is 5.32 Å². The third-order valence-corrected chi connectivity index (χ3v) is 4.12. The maximum atomic E-state index is 12.9. The minimum Gasteiger partial charge on any atom is -0.379 e. The molecule has 0 aromatic heterocycles. The first-order valence-electron chi connectivity index (χ1n) is 8.07. The monoisotopic (exact) mass is 341 g/mol. The van der Waals surface area contributed by atoms with Gasteiger partial charge in [0.05, 0.1) is 18.1 Å². The molecule has 1 heterocycles. The van der Waals surface area contributed by atoms with Gasteiger partial charge in [-0.1, -0.05) is 30.3 Å². The van der Waals surface area contributed by atoms with E-state index >= 15 is 0 Å². The highest BCUT2D eigenvalue weighted by atomic mass is 16.6. The third kappa shape index (κ3) is 4.20. The first-order chi connectivity index (χ1) is 12.1. The summed E-state index contributed by atoms with van der Waals surface area (Å²) < 4.78 is 5.38. The maximum absolute atomic E-state index is 12.9. The van der Waals surface area contributed by atoms with Crippen molar-refractivity contribution in [2.24, 2.45) is 0 Å². The van der Waals surface area contributed by atoms with Crippen LogP contribution in [0.4, 0.5) is 11.4 Å². The van der Waals surface area contributed by atoms with Crippen molar-refractivity contribution >= 4 is 17.3 Å². The van der Waals surface area contributed by atoms with Crippen molar-refractivity contribution in [2.75, 3.05) is 31.6 Å². The Morgan fingerprint density at radius 1 is 1.08 bits per heavy atom. The molecule has 0 radical (unpaired) electrons. The maximum Gasteiger partial charge on any atom is 0.269 e. The fourth-order valence-corrected chi connectivity index (χ4v) is 2.88. The molecular formula is C18H19N3O4. The summed E-state index contributed by atoms with van der Waals surface area (Å²) in [6.45, 7) is 2.53. The van der Waals surface area contributed by atoms with E-state index in [2.05, 4.69) is 10.2 Å². The number of carbonyl (C=O) groups excluding carboxylic acids is 1. The number of morpholine rings is 1. The number of amides is 1. The summed E-state index contributed by atoms with van der Waals surface area (Å²) in [5.41, 5.74) is 1.43. The number of ether oxygens (including phenoxy) is 1. The van der Waals surface area contributed by atoms with E-state index in [1.54, 1.807) is 0 Å². The van der Waals surface area contributed by atoms with Crippen molar-refractivity contribution in [1.82, 2.24) is 4.90 Å². The Bertz CT molecular complexity index is 728. The summed E-state index contributed by atoms with van der Waals surface area (Å²) in [7, 11) is 0. The number of non-ortho nitro benzene ring substituents is 1. The summed E-state index contributed by atoms with van der Waals surface area (Å²) in [5.74, 6) is -0.165. The van der Waals surface area contributed by atoms with E-state index in [0.717, 1.165) is 5.56 Å². The fourth-order valence-electron chi connectivity index (χ4n) is 2.88. The lowest BCUT2D eigenvalue weighted by Gasteiger charge is -2.33. The number of benzene rings is 2. The number of rotatable bonds is 5. The molecule has 7 nitrogen and oxygen atoms in total. The molecule has 3 rings (SSSR count). The lowest BCUT2D eigenvalue weighted by atomic mass is 10.0. The molecule has 7 heteroatoms. The van der Waals surface area contributed by atoms with Gasteiger partial charge in [-0.25, -0.2) is 0 Å². The molecule has 1 atom stereocenters. The Hall–Kier alpha value is -2.77. The Balaban J connectivity index is 1.80. The number of nitro benzene ring substituents is 1. The molecular weight excluding hydrogens is 322 g/mol. The van der Waals surface area contributed by atoms with Crippen LogP contribution in [0.3, 0.4) is 0 Å². The van der Waals surface area contributed by atoms with Crippen LogP contribution in [0.1, 0.15) is 11.6 Å². The summed E-state index contributed by atoms with van der Waals surface area (Å²) >= 11 is 0. The average Bonchev–Trinajstić information content (AvgIpc) is 2.64. The Labute approximate surface area is 145 Å². The molecule has 1 aliphatic rings. The molecule has 2 aromatic rings. The van der Waals surface area contributed by atoms with Gasteiger partial charge in [-0.15, -0.1) is 0 Å². The zero-order chi connectivity index (χ0) is 17.6. The normalized spacial score (nSPS) is 16.2. The predicted octanol–water partition coefficient (Wildman–Crippen LogP) is 2.61. The molecule has 0 bridgehead atoms. The second kappa shape index (κ2) is 7.87. The number of nitro groups is 1. The van der Waals surface area contributed by atoms with Gasteiger partial charge in [0.15, 0.2) is 0 Å². The highest BCUT2D eigenvalue weighted by Crippen LogP contribution is 2.24. The number of carbonyl (C=O) groups is 1. The van der Waals surface area contributed by atoms with Gasteiger partial charge in [-0.3, -0.25) is 19.8 Å². The van der Waals surface area contributed by atoms with Crippen molar-refractivity contribution in [2.45, 2.75) is 6.04 Å². The molecule has 1 amide bonds. The summed E-state index contributed by atoms with van der Waals surface area (Å²) in [4.78, 5) is 25.3. The van der Waals surface area contributed by atoms with E-state index in [9.17, 15) is 14.9 Å². The fraction of sp³-hybridized carbons (Fsp3) is 0.278. The zero-order valence-corrected chi connectivity index (χ0v) is 13.6. The number of nitrogens with zero attached hydrogens (tertiary/aromatic N) is 2. The van der Waals surface area contributed by atoms with Crippen LogP contribution in [0.2, 0.25) is 0 Å². The van der Waals surface area contributed by atoms with Gasteiger partial charge < -0.3 is 10.1 Å². The van der Waals surface area contributed by atoms with Crippen molar-refractivity contribution in [3.05, 3.63) is 70.3 Å². The molecule has 0 spiro atoms. The van der Waals surface area contributed by atoms with Gasteiger partial charge in [0, 0.05) is 30.9 Å². The largest absolute Gasteiger partial charge is 0.379 e. The molecule has 2 aromatic carbocycles. The van der Waals surface area contributed by atoms with Crippen LogP contribution >= 0.6 is 0 Å². The lowest BCUT2D eigenvalue weighted by molar-refractivity contribution is -0.384. The third-order valence-electron chi connectivity index (χ3n) is 4.12. The SMILES string of the molecule is O=C(Nc1ccc([N+](=O)[O-])cc1)[C@H](c1ccccc1)N1CCOCC1. The van der Waals surface area contributed by atoms with E-state index in [0.29, 0.717) is 32.0 Å². The molecule has 25 heavy (non-hydrogen) atoms. The van der Waals surface area contributed by atoms with Crippen LogP contribution in [0.15, 0.2) is 54.6 Å². The zero-order valence-electron chi connectivity index (χ0n) is 13.6. The minimum atomic E-state index is -0.466. The summed E-state index contributed by atoms with van der Waals surface area (Å²) in [6.07, 6.45) is 0. The van der Waals surface area contributed by atoms with E-state index in [1.165, 1.54) is 24.3 Å². The van der Waals surface area contributed by atoms with Gasteiger partial charge in [0.2, 0.25) is 5.91 Å². The first kappa shape index (κ1) is 17.1. The van der Waals surface area contributed by atoms with E-state index in [1.807, 2.05) is 30.3 Å². The number of hydrogen-bond acceptors (Lipinski definition) is 5. The standard InChI is InChI=1S/C18H19N3O4/c22-18(19-15-6-8-16(9-7-15)21(23)24)17(14-4-2-1-3-5-14)20-10-12-25-13-11-20/h1-9,17H,10-13H2,(H,19,22)/t17-/m0/s1. The molecule has 1 N–H and O–H groups in total. The number of nitrogens with one attached hydrogen (secondary N) is 1. The highest BCUT2D eigenvalue weighted by Gasteiger charge is 2.29. The van der Waals surface area contributed by atoms with E-state index < -0.39 is 11.0 Å². The van der Waals surface area contributed by atoms with Crippen molar-refractivity contribution in [1.29, 1.82) is 0 Å². The first-order valence-corrected chi connectivity index (χ1v) is 8.07. The molecule has 0 aliphatic carbocycles. The molecule has 1 saturated heterocycles. The Morgan fingerprint density at radius 3 is 2.32 bits per heavy atom.